The van der Waals surface area contributed by atoms with Crippen LogP contribution in [-0.4, -0.2) is 40.0 Å². The normalized spacial score (nSPS) is 12.3. The molecule has 0 radical (unpaired) electrons. The smallest absolute Gasteiger partial charge is 0.321 e. The van der Waals surface area contributed by atoms with Gasteiger partial charge in [-0.05, 0) is 42.0 Å². The van der Waals surface area contributed by atoms with Crippen molar-refractivity contribution in [3.63, 3.8) is 0 Å². The molecule has 0 saturated heterocycles. The summed E-state index contributed by atoms with van der Waals surface area (Å²) in [6.07, 6.45) is -1.06. The van der Waals surface area contributed by atoms with Gasteiger partial charge < -0.3 is 9.64 Å². The van der Waals surface area contributed by atoms with E-state index < -0.39 is 34.5 Å². The SMILES string of the molecule is CC(OC(=O)CNS(=O)(=O)c1ccc2ccccc2c1)C(=O)N(C)c1ccccc1. The molecule has 156 valence electrons. The molecule has 1 amide bonds. The largest absolute Gasteiger partial charge is 0.452 e. The number of esters is 1. The summed E-state index contributed by atoms with van der Waals surface area (Å²) >= 11 is 0. The van der Waals surface area contributed by atoms with Gasteiger partial charge in [0, 0.05) is 12.7 Å². The minimum atomic E-state index is -3.91. The maximum Gasteiger partial charge on any atom is 0.321 e. The summed E-state index contributed by atoms with van der Waals surface area (Å²) in [5.74, 6) is -1.27. The number of fused-ring (bicyclic) bond motifs is 1. The molecule has 1 unspecified atom stereocenters. The Bertz CT molecular complexity index is 1160. The zero-order valence-electron chi connectivity index (χ0n) is 16.6. The van der Waals surface area contributed by atoms with E-state index in [0.717, 1.165) is 10.8 Å². The van der Waals surface area contributed by atoms with Crippen LogP contribution in [0.4, 0.5) is 5.69 Å². The number of anilines is 1. The molecule has 8 heteroatoms. The van der Waals surface area contributed by atoms with Crippen molar-refractivity contribution in [1.82, 2.24) is 4.72 Å². The fourth-order valence-electron chi connectivity index (χ4n) is 2.91. The standard InChI is InChI=1S/C22H22N2O5S/c1-16(22(26)24(2)19-10-4-3-5-11-19)29-21(25)15-23-30(27,28)20-13-12-17-8-6-7-9-18(17)14-20/h3-14,16,23H,15H2,1-2H3. The Balaban J connectivity index is 1.59. The van der Waals surface area contributed by atoms with Crippen LogP contribution in [0.25, 0.3) is 10.8 Å². The molecule has 3 rings (SSSR count). The third kappa shape index (κ3) is 5.03. The molecule has 0 heterocycles. The first kappa shape index (κ1) is 21.5. The number of likely N-dealkylation sites (N-methyl/N-ethyl adjacent to an activating group) is 1. The van der Waals surface area contributed by atoms with Gasteiger partial charge in [-0.2, -0.15) is 4.72 Å². The lowest BCUT2D eigenvalue weighted by Crippen LogP contribution is -2.39. The number of nitrogens with zero attached hydrogens (tertiary/aromatic N) is 1. The van der Waals surface area contributed by atoms with Gasteiger partial charge in [0.05, 0.1) is 4.90 Å². The molecular weight excluding hydrogens is 404 g/mol. The fraction of sp³-hybridized carbons (Fsp3) is 0.182. The third-order valence-electron chi connectivity index (χ3n) is 4.57. The van der Waals surface area contributed by atoms with Gasteiger partial charge in [-0.3, -0.25) is 9.59 Å². The average molecular weight is 426 g/mol. The lowest BCUT2D eigenvalue weighted by Gasteiger charge is -2.21. The number of hydrogen-bond acceptors (Lipinski definition) is 5. The van der Waals surface area contributed by atoms with Crippen LogP contribution in [0.1, 0.15) is 6.92 Å². The number of nitrogens with one attached hydrogen (secondary N) is 1. The van der Waals surface area contributed by atoms with E-state index >= 15 is 0 Å². The van der Waals surface area contributed by atoms with Crippen molar-refractivity contribution < 1.29 is 22.7 Å². The molecule has 0 bridgehead atoms. The van der Waals surface area contributed by atoms with Gasteiger partial charge >= 0.3 is 5.97 Å². The van der Waals surface area contributed by atoms with E-state index in [2.05, 4.69) is 4.72 Å². The average Bonchev–Trinajstić information content (AvgIpc) is 2.77. The highest BCUT2D eigenvalue weighted by Gasteiger charge is 2.23. The first-order chi connectivity index (χ1) is 14.3. The molecule has 30 heavy (non-hydrogen) atoms. The Labute approximate surface area is 175 Å². The zero-order valence-corrected chi connectivity index (χ0v) is 17.4. The van der Waals surface area contributed by atoms with Crippen LogP contribution in [-0.2, 0) is 24.3 Å². The van der Waals surface area contributed by atoms with Gasteiger partial charge in [0.2, 0.25) is 10.0 Å². The van der Waals surface area contributed by atoms with Gasteiger partial charge in [0.25, 0.3) is 5.91 Å². The van der Waals surface area contributed by atoms with Crippen molar-refractivity contribution in [3.05, 3.63) is 72.8 Å². The summed E-state index contributed by atoms with van der Waals surface area (Å²) in [4.78, 5) is 25.9. The highest BCUT2D eigenvalue weighted by molar-refractivity contribution is 7.89. The van der Waals surface area contributed by atoms with Crippen molar-refractivity contribution in [2.24, 2.45) is 0 Å². The van der Waals surface area contributed by atoms with Gasteiger partial charge in [-0.15, -0.1) is 0 Å². The molecule has 0 aliphatic heterocycles. The summed E-state index contributed by atoms with van der Waals surface area (Å²) in [5.41, 5.74) is 0.655. The summed E-state index contributed by atoms with van der Waals surface area (Å²) in [6.45, 7) is 0.860. The Morgan fingerprint density at radius 2 is 1.60 bits per heavy atom. The van der Waals surface area contributed by atoms with Gasteiger partial charge in [-0.25, -0.2) is 8.42 Å². The number of rotatable bonds is 7. The number of carbonyl (C=O) groups excluding carboxylic acids is 2. The van der Waals surface area contributed by atoms with Crippen molar-refractivity contribution in [1.29, 1.82) is 0 Å². The lowest BCUT2D eigenvalue weighted by atomic mass is 10.1. The second-order valence-corrected chi connectivity index (χ2v) is 8.47. The molecule has 0 aliphatic carbocycles. The Kier molecular flexibility index (Phi) is 6.49. The Morgan fingerprint density at radius 3 is 2.30 bits per heavy atom. The Hall–Kier alpha value is -3.23. The van der Waals surface area contributed by atoms with Gasteiger partial charge in [0.15, 0.2) is 6.10 Å². The molecule has 0 aliphatic rings. The molecule has 3 aromatic rings. The van der Waals surface area contributed by atoms with Crippen LogP contribution in [0.5, 0.6) is 0 Å². The maximum absolute atomic E-state index is 12.5. The van der Waals surface area contributed by atoms with Crippen LogP contribution < -0.4 is 9.62 Å². The van der Waals surface area contributed by atoms with Crippen LogP contribution in [0, 0.1) is 0 Å². The number of para-hydroxylation sites is 1. The minimum Gasteiger partial charge on any atom is -0.452 e. The quantitative estimate of drug-likeness (QED) is 0.587. The summed E-state index contributed by atoms with van der Waals surface area (Å²) < 4.78 is 32.3. The van der Waals surface area contributed by atoms with E-state index in [1.165, 1.54) is 24.0 Å². The topological polar surface area (TPSA) is 92.8 Å². The van der Waals surface area contributed by atoms with E-state index in [-0.39, 0.29) is 4.90 Å². The van der Waals surface area contributed by atoms with Crippen molar-refractivity contribution in [2.75, 3.05) is 18.5 Å². The molecule has 7 nitrogen and oxygen atoms in total. The van der Waals surface area contributed by atoms with Crippen LogP contribution in [0.3, 0.4) is 0 Å². The van der Waals surface area contributed by atoms with E-state index in [4.69, 9.17) is 4.74 Å². The van der Waals surface area contributed by atoms with Crippen LogP contribution in [0.15, 0.2) is 77.7 Å². The fourth-order valence-corrected chi connectivity index (χ4v) is 3.92. The third-order valence-corrected chi connectivity index (χ3v) is 5.97. The van der Waals surface area contributed by atoms with Crippen molar-refractivity contribution in [3.8, 4) is 0 Å². The number of amides is 1. The van der Waals surface area contributed by atoms with Crippen LogP contribution in [0.2, 0.25) is 0 Å². The summed E-state index contributed by atoms with van der Waals surface area (Å²) in [7, 11) is -2.33. The van der Waals surface area contributed by atoms with E-state index in [0.29, 0.717) is 5.69 Å². The van der Waals surface area contributed by atoms with Crippen molar-refractivity contribution >= 4 is 38.4 Å². The molecule has 0 fully saturated rings. The molecule has 0 spiro atoms. The molecule has 3 aromatic carbocycles. The zero-order chi connectivity index (χ0) is 21.7. The van der Waals surface area contributed by atoms with E-state index in [1.54, 1.807) is 43.4 Å². The first-order valence-corrected chi connectivity index (χ1v) is 10.8. The van der Waals surface area contributed by atoms with Crippen molar-refractivity contribution in [2.45, 2.75) is 17.9 Å². The highest BCUT2D eigenvalue weighted by Crippen LogP contribution is 2.19. The van der Waals surface area contributed by atoms with E-state index in [1.807, 2.05) is 24.3 Å². The summed E-state index contributed by atoms with van der Waals surface area (Å²) in [6, 6.07) is 21.0. The Morgan fingerprint density at radius 1 is 0.967 bits per heavy atom. The number of sulfonamides is 1. The lowest BCUT2D eigenvalue weighted by molar-refractivity contribution is -0.152. The highest BCUT2D eigenvalue weighted by atomic mass is 32.2. The predicted octanol–water partition coefficient (Wildman–Crippen LogP) is 2.71. The predicted molar refractivity (Wildman–Crippen MR) is 115 cm³/mol. The molecule has 0 saturated carbocycles. The number of ether oxygens (including phenoxy) is 1. The summed E-state index contributed by atoms with van der Waals surface area (Å²) in [5, 5.41) is 1.68. The number of hydrogen-bond donors (Lipinski definition) is 1. The molecule has 0 aromatic heterocycles. The number of carbonyl (C=O) groups is 2. The maximum atomic E-state index is 12.5. The number of benzene rings is 3. The molecule has 1 N–H and O–H groups in total. The van der Waals surface area contributed by atoms with Gasteiger partial charge in [-0.1, -0.05) is 48.5 Å². The second-order valence-electron chi connectivity index (χ2n) is 6.70. The second kappa shape index (κ2) is 9.06. The molecular formula is C22H22N2O5S. The molecule has 1 atom stereocenters. The monoisotopic (exact) mass is 426 g/mol. The minimum absolute atomic E-state index is 0.0435. The van der Waals surface area contributed by atoms with E-state index in [9.17, 15) is 18.0 Å². The van der Waals surface area contributed by atoms with Gasteiger partial charge in [0.1, 0.15) is 6.54 Å². The first-order valence-electron chi connectivity index (χ1n) is 9.28. The van der Waals surface area contributed by atoms with Crippen LogP contribution >= 0.6 is 0 Å².